The summed E-state index contributed by atoms with van der Waals surface area (Å²) in [5.74, 6) is -0.244. The van der Waals surface area contributed by atoms with E-state index in [1.165, 1.54) is 0 Å². The van der Waals surface area contributed by atoms with Gasteiger partial charge >= 0.3 is 5.97 Å². The van der Waals surface area contributed by atoms with Crippen LogP contribution in [-0.2, 0) is 14.3 Å². The maximum absolute atomic E-state index is 11.2. The Kier molecular flexibility index (Phi) is 7.42. The van der Waals surface area contributed by atoms with Crippen LogP contribution in [0.2, 0.25) is 0 Å². The fourth-order valence-electron chi connectivity index (χ4n) is 0.949. The van der Waals surface area contributed by atoms with Crippen LogP contribution in [0.4, 0.5) is 0 Å². The van der Waals surface area contributed by atoms with Crippen molar-refractivity contribution in [3.05, 3.63) is 0 Å². The summed E-state index contributed by atoms with van der Waals surface area (Å²) in [5.41, 5.74) is 5.62. The van der Waals surface area contributed by atoms with Crippen molar-refractivity contribution < 1.29 is 14.3 Å². The molecule has 2 unspecified atom stereocenters. The minimum atomic E-state index is -0.244. The maximum Gasteiger partial charge on any atom is 0.307 e. The molecule has 2 atom stereocenters. The van der Waals surface area contributed by atoms with Gasteiger partial charge in [-0.1, -0.05) is 6.92 Å². The van der Waals surface area contributed by atoms with Crippen LogP contribution in [0.25, 0.3) is 0 Å². The first kappa shape index (κ1) is 13.4. The summed E-state index contributed by atoms with van der Waals surface area (Å²) >= 11 is 0. The highest BCUT2D eigenvalue weighted by molar-refractivity contribution is 5.70. The van der Waals surface area contributed by atoms with Gasteiger partial charge in [-0.25, -0.2) is 0 Å². The van der Waals surface area contributed by atoms with Crippen molar-refractivity contribution in [2.45, 2.75) is 45.8 Å². The molecule has 0 aliphatic rings. The predicted molar refractivity (Wildman–Crippen MR) is 54.9 cm³/mol. The quantitative estimate of drug-likeness (QED) is 0.629. The molecule has 0 saturated carbocycles. The second kappa shape index (κ2) is 7.76. The summed E-state index contributed by atoms with van der Waals surface area (Å²) < 4.78 is 10.2. The van der Waals surface area contributed by atoms with E-state index in [1.54, 1.807) is 0 Å². The van der Waals surface area contributed by atoms with E-state index in [0.717, 1.165) is 6.42 Å². The van der Waals surface area contributed by atoms with Crippen LogP contribution in [0.3, 0.4) is 0 Å². The molecule has 2 N–H and O–H groups in total. The molecular formula is C10H21NO3. The molecule has 14 heavy (non-hydrogen) atoms. The monoisotopic (exact) mass is 203 g/mol. The van der Waals surface area contributed by atoms with Gasteiger partial charge in [0.2, 0.25) is 0 Å². The smallest absolute Gasteiger partial charge is 0.307 e. The fraction of sp³-hybridized carbons (Fsp3) is 0.900. The molecule has 0 rings (SSSR count). The third kappa shape index (κ3) is 6.86. The van der Waals surface area contributed by atoms with Gasteiger partial charge < -0.3 is 15.2 Å². The second-order valence-corrected chi connectivity index (χ2v) is 3.33. The summed E-state index contributed by atoms with van der Waals surface area (Å²) in [6.07, 6.45) is 0.883. The molecule has 0 aromatic carbocycles. The zero-order valence-electron chi connectivity index (χ0n) is 9.29. The number of carbonyl (C=O) groups is 1. The summed E-state index contributed by atoms with van der Waals surface area (Å²) in [7, 11) is 0. The van der Waals surface area contributed by atoms with E-state index in [9.17, 15) is 4.79 Å². The van der Waals surface area contributed by atoms with E-state index in [0.29, 0.717) is 13.2 Å². The summed E-state index contributed by atoms with van der Waals surface area (Å²) in [6, 6.07) is -0.0956. The zero-order chi connectivity index (χ0) is 11.0. The third-order valence-electron chi connectivity index (χ3n) is 1.84. The predicted octanol–water partition coefficient (Wildman–Crippen LogP) is 1.08. The first-order chi connectivity index (χ1) is 6.60. The van der Waals surface area contributed by atoms with Crippen molar-refractivity contribution in [2.24, 2.45) is 5.73 Å². The van der Waals surface area contributed by atoms with Crippen molar-refractivity contribution in [3.63, 3.8) is 0 Å². The topological polar surface area (TPSA) is 61.5 Å². The van der Waals surface area contributed by atoms with Gasteiger partial charge in [0.1, 0.15) is 6.10 Å². The summed E-state index contributed by atoms with van der Waals surface area (Å²) in [5, 5.41) is 0. The fourth-order valence-corrected chi connectivity index (χ4v) is 0.949. The summed E-state index contributed by atoms with van der Waals surface area (Å²) in [6.45, 7) is 6.74. The number of esters is 1. The number of ether oxygens (including phenoxy) is 2. The Hall–Kier alpha value is -0.610. The van der Waals surface area contributed by atoms with Gasteiger partial charge in [0.05, 0.1) is 13.0 Å². The highest BCUT2D eigenvalue weighted by Gasteiger charge is 2.12. The Labute approximate surface area is 85.8 Å². The SMILES string of the molecule is CCOCC(C)OC(=O)CC(N)CC. The van der Waals surface area contributed by atoms with Crippen LogP contribution in [0.1, 0.15) is 33.6 Å². The van der Waals surface area contributed by atoms with E-state index in [2.05, 4.69) is 0 Å². The van der Waals surface area contributed by atoms with Crippen LogP contribution in [-0.4, -0.2) is 31.3 Å². The van der Waals surface area contributed by atoms with Gasteiger partial charge in [0.15, 0.2) is 0 Å². The lowest BCUT2D eigenvalue weighted by Crippen LogP contribution is -2.27. The molecule has 0 aromatic rings. The van der Waals surface area contributed by atoms with Crippen molar-refractivity contribution in [3.8, 4) is 0 Å². The Morgan fingerprint density at radius 2 is 2.07 bits per heavy atom. The number of rotatable bonds is 7. The molecule has 0 aromatic heterocycles. The van der Waals surface area contributed by atoms with E-state index >= 15 is 0 Å². The molecule has 4 nitrogen and oxygen atoms in total. The third-order valence-corrected chi connectivity index (χ3v) is 1.84. The standard InChI is InChI=1S/C10H21NO3/c1-4-9(11)6-10(12)14-8(3)7-13-5-2/h8-9H,4-7,11H2,1-3H3. The molecule has 84 valence electrons. The highest BCUT2D eigenvalue weighted by atomic mass is 16.6. The lowest BCUT2D eigenvalue weighted by atomic mass is 10.2. The van der Waals surface area contributed by atoms with E-state index in [-0.39, 0.29) is 24.5 Å². The van der Waals surface area contributed by atoms with E-state index < -0.39 is 0 Å². The lowest BCUT2D eigenvalue weighted by Gasteiger charge is -2.14. The van der Waals surface area contributed by atoms with E-state index in [4.69, 9.17) is 15.2 Å². The molecule has 0 heterocycles. The number of carbonyl (C=O) groups excluding carboxylic acids is 1. The van der Waals surface area contributed by atoms with Crippen LogP contribution >= 0.6 is 0 Å². The molecule has 0 fully saturated rings. The van der Waals surface area contributed by atoms with Crippen molar-refractivity contribution >= 4 is 5.97 Å². The van der Waals surface area contributed by atoms with Gasteiger partial charge in [0, 0.05) is 12.6 Å². The van der Waals surface area contributed by atoms with E-state index in [1.807, 2.05) is 20.8 Å². The summed E-state index contributed by atoms with van der Waals surface area (Å²) in [4.78, 5) is 11.2. The molecule has 0 bridgehead atoms. The van der Waals surface area contributed by atoms with Gasteiger partial charge in [0.25, 0.3) is 0 Å². The van der Waals surface area contributed by atoms with Crippen molar-refractivity contribution in [2.75, 3.05) is 13.2 Å². The number of hydrogen-bond donors (Lipinski definition) is 1. The van der Waals surface area contributed by atoms with Gasteiger partial charge in [-0.15, -0.1) is 0 Å². The number of nitrogens with two attached hydrogens (primary N) is 1. The van der Waals surface area contributed by atoms with Crippen LogP contribution in [0.15, 0.2) is 0 Å². The molecule has 0 amide bonds. The van der Waals surface area contributed by atoms with Gasteiger partial charge in [-0.3, -0.25) is 4.79 Å². The molecule has 0 aliphatic heterocycles. The van der Waals surface area contributed by atoms with Gasteiger partial charge in [-0.05, 0) is 20.3 Å². The first-order valence-electron chi connectivity index (χ1n) is 5.12. The second-order valence-electron chi connectivity index (χ2n) is 3.33. The largest absolute Gasteiger partial charge is 0.460 e. The molecule has 0 saturated heterocycles. The van der Waals surface area contributed by atoms with Crippen molar-refractivity contribution in [1.29, 1.82) is 0 Å². The van der Waals surface area contributed by atoms with Crippen molar-refractivity contribution in [1.82, 2.24) is 0 Å². The molecule has 0 spiro atoms. The van der Waals surface area contributed by atoms with Crippen LogP contribution in [0.5, 0.6) is 0 Å². The normalized spacial score (nSPS) is 14.9. The Balaban J connectivity index is 3.60. The minimum absolute atomic E-state index is 0.0956. The number of hydrogen-bond acceptors (Lipinski definition) is 4. The average molecular weight is 203 g/mol. The Bertz CT molecular complexity index is 161. The molecule has 0 radical (unpaired) electrons. The molecule has 0 aliphatic carbocycles. The lowest BCUT2D eigenvalue weighted by molar-refractivity contribution is -0.151. The minimum Gasteiger partial charge on any atom is -0.460 e. The van der Waals surface area contributed by atoms with Gasteiger partial charge in [-0.2, -0.15) is 0 Å². The van der Waals surface area contributed by atoms with Crippen LogP contribution < -0.4 is 5.73 Å². The zero-order valence-corrected chi connectivity index (χ0v) is 9.29. The Morgan fingerprint density at radius 3 is 2.57 bits per heavy atom. The molecular weight excluding hydrogens is 182 g/mol. The maximum atomic E-state index is 11.2. The highest BCUT2D eigenvalue weighted by Crippen LogP contribution is 2.00. The molecule has 4 heteroatoms. The average Bonchev–Trinajstić information content (AvgIpc) is 2.14. The first-order valence-corrected chi connectivity index (χ1v) is 5.12. The Morgan fingerprint density at radius 1 is 1.43 bits per heavy atom. The van der Waals surface area contributed by atoms with Crippen LogP contribution in [0, 0.1) is 0 Å².